The van der Waals surface area contributed by atoms with E-state index in [4.69, 9.17) is 0 Å². The molecular weight excluding hydrogens is 657 g/mol. The molecule has 1 saturated heterocycles. The van der Waals surface area contributed by atoms with Crippen LogP contribution in [0.4, 0.5) is 11.4 Å². The molecule has 1 fully saturated rings. The zero-order valence-corrected chi connectivity index (χ0v) is 28.9. The lowest BCUT2D eigenvalue weighted by atomic mass is 10.1. The van der Waals surface area contributed by atoms with E-state index in [0.717, 1.165) is 40.4 Å². The standard InChI is InChI=1S/C32H34N4.2CH4O4S/c1-33-19-15-29(16-20-33)5-3-27-7-11-31(12-8-27)35-23-25-36(26-24-35)32-13-9-28(10-14-32)4-6-30-17-21-34(2)22-18-30;2*1-5-6(2,3)4/h3-22H,23-26H2,1-2H3;2*1H3,(H,2,3,4)/q+2;;/p-2. The van der Waals surface area contributed by atoms with Crippen LogP contribution in [0.2, 0.25) is 0 Å². The number of hydrogen-bond donors (Lipinski definition) is 0. The van der Waals surface area contributed by atoms with Crippen LogP contribution in [-0.4, -0.2) is 66.3 Å². The Bertz CT molecular complexity index is 1700. The molecule has 2 aromatic heterocycles. The second-order valence-corrected chi connectivity index (χ2v) is 12.9. The van der Waals surface area contributed by atoms with Gasteiger partial charge in [0.2, 0.25) is 20.8 Å². The molecule has 1 aliphatic heterocycles. The number of pyridine rings is 2. The molecule has 0 unspecified atom stereocenters. The van der Waals surface area contributed by atoms with Crippen LogP contribution in [-0.2, 0) is 43.3 Å². The van der Waals surface area contributed by atoms with E-state index in [-0.39, 0.29) is 0 Å². The van der Waals surface area contributed by atoms with Gasteiger partial charge in [-0.2, -0.15) is 0 Å². The molecule has 0 radical (unpaired) electrons. The Morgan fingerprint density at radius 2 is 0.750 bits per heavy atom. The Balaban J connectivity index is 0.000000446. The van der Waals surface area contributed by atoms with Gasteiger partial charge in [-0.15, -0.1) is 0 Å². The lowest BCUT2D eigenvalue weighted by Gasteiger charge is -2.37. The molecule has 0 N–H and O–H groups in total. The molecule has 14 heteroatoms. The van der Waals surface area contributed by atoms with E-state index in [1.54, 1.807) is 0 Å². The van der Waals surface area contributed by atoms with E-state index in [9.17, 15) is 25.9 Å². The SMILES string of the molecule is COS(=O)(=O)[O-].COS(=O)(=O)[O-].C[n+]1ccc(C=Cc2ccc(N3CCN(c4ccc(C=Cc5cc[n+](C)cc5)cc4)CC3)cc2)cc1. The highest BCUT2D eigenvalue weighted by atomic mass is 32.3. The van der Waals surface area contributed by atoms with Crippen LogP contribution in [0.25, 0.3) is 24.3 Å². The molecule has 0 saturated carbocycles. The van der Waals surface area contributed by atoms with Crippen molar-refractivity contribution in [3.05, 3.63) is 120 Å². The number of nitrogens with zero attached hydrogens (tertiary/aromatic N) is 4. The highest BCUT2D eigenvalue weighted by Crippen LogP contribution is 2.22. The highest BCUT2D eigenvalue weighted by Gasteiger charge is 2.17. The molecule has 48 heavy (non-hydrogen) atoms. The monoisotopic (exact) mass is 696 g/mol. The molecular formula is C34H40N4O8S2. The summed E-state index contributed by atoms with van der Waals surface area (Å²) in [5, 5.41) is 0. The fraction of sp³-hybridized carbons (Fsp3) is 0.235. The predicted octanol–water partition coefficient (Wildman–Crippen LogP) is 3.19. The van der Waals surface area contributed by atoms with Crippen molar-refractivity contribution in [3.63, 3.8) is 0 Å². The first-order valence-electron chi connectivity index (χ1n) is 14.7. The minimum atomic E-state index is -4.41. The number of rotatable bonds is 8. The smallest absolute Gasteiger partial charge is 0.217 e. The Labute approximate surface area is 283 Å². The van der Waals surface area contributed by atoms with Gasteiger partial charge >= 0.3 is 0 Å². The van der Waals surface area contributed by atoms with Gasteiger partial charge in [-0.05, 0) is 46.5 Å². The normalized spacial score (nSPS) is 13.5. The third-order valence-electron chi connectivity index (χ3n) is 7.15. The Hall–Kier alpha value is -4.44. The van der Waals surface area contributed by atoms with E-state index < -0.39 is 20.8 Å². The largest absolute Gasteiger partial charge is 0.726 e. The first-order chi connectivity index (χ1) is 22.7. The molecule has 0 amide bonds. The van der Waals surface area contributed by atoms with Crippen LogP contribution in [0.15, 0.2) is 97.6 Å². The van der Waals surface area contributed by atoms with Gasteiger partial charge in [0, 0.05) is 61.8 Å². The summed E-state index contributed by atoms with van der Waals surface area (Å²) in [5.74, 6) is 0. The van der Waals surface area contributed by atoms with Crippen molar-refractivity contribution in [3.8, 4) is 0 Å². The lowest BCUT2D eigenvalue weighted by molar-refractivity contribution is -0.671. The van der Waals surface area contributed by atoms with Crippen LogP contribution in [0, 0.1) is 0 Å². The second-order valence-electron chi connectivity index (χ2n) is 10.6. The third kappa shape index (κ3) is 14.1. The molecule has 3 heterocycles. The van der Waals surface area contributed by atoms with Gasteiger partial charge in [0.05, 0.1) is 14.2 Å². The van der Waals surface area contributed by atoms with Gasteiger partial charge in [-0.3, -0.25) is 8.37 Å². The number of benzene rings is 2. The second kappa shape index (κ2) is 18.2. The Morgan fingerprint density at radius 1 is 0.521 bits per heavy atom. The van der Waals surface area contributed by atoms with Crippen LogP contribution >= 0.6 is 0 Å². The number of hydrogen-bond acceptors (Lipinski definition) is 10. The minimum Gasteiger partial charge on any atom is -0.726 e. The van der Waals surface area contributed by atoms with Crippen LogP contribution < -0.4 is 18.9 Å². The van der Waals surface area contributed by atoms with Crippen molar-refractivity contribution in [2.75, 3.05) is 50.2 Å². The van der Waals surface area contributed by atoms with Crippen LogP contribution in [0.1, 0.15) is 22.3 Å². The molecule has 5 rings (SSSR count). The zero-order chi connectivity index (χ0) is 35.2. The summed E-state index contributed by atoms with van der Waals surface area (Å²) in [4.78, 5) is 4.97. The molecule has 2 aromatic carbocycles. The van der Waals surface area contributed by atoms with Gasteiger partial charge in [0.25, 0.3) is 0 Å². The van der Waals surface area contributed by atoms with Gasteiger partial charge in [0.15, 0.2) is 24.8 Å². The summed E-state index contributed by atoms with van der Waals surface area (Å²) in [6, 6.07) is 26.3. The average molecular weight is 697 g/mol. The number of piperazine rings is 1. The number of anilines is 2. The van der Waals surface area contributed by atoms with Crippen LogP contribution in [0.5, 0.6) is 0 Å². The molecule has 0 bridgehead atoms. The van der Waals surface area contributed by atoms with Crippen molar-refractivity contribution >= 4 is 56.5 Å². The van der Waals surface area contributed by atoms with Crippen molar-refractivity contribution in [2.45, 2.75) is 0 Å². The summed E-state index contributed by atoms with van der Waals surface area (Å²) in [7, 11) is -3.14. The van der Waals surface area contributed by atoms with Gasteiger partial charge in [-0.1, -0.05) is 48.6 Å². The molecule has 0 spiro atoms. The summed E-state index contributed by atoms with van der Waals surface area (Å²) >= 11 is 0. The first-order valence-corrected chi connectivity index (χ1v) is 17.4. The van der Waals surface area contributed by atoms with E-state index >= 15 is 0 Å². The fourth-order valence-electron chi connectivity index (χ4n) is 4.45. The lowest BCUT2D eigenvalue weighted by Crippen LogP contribution is -2.46. The summed E-state index contributed by atoms with van der Waals surface area (Å²) in [6.07, 6.45) is 17.0. The maximum absolute atomic E-state index is 9.22. The molecule has 12 nitrogen and oxygen atoms in total. The van der Waals surface area contributed by atoms with Crippen molar-refractivity contribution in [1.82, 2.24) is 0 Å². The maximum atomic E-state index is 9.22. The highest BCUT2D eigenvalue weighted by molar-refractivity contribution is 7.81. The summed E-state index contributed by atoms with van der Waals surface area (Å²) < 4.78 is 66.1. The molecule has 1 aliphatic rings. The van der Waals surface area contributed by atoms with E-state index in [1.807, 2.05) is 23.2 Å². The molecule has 256 valence electrons. The molecule has 0 atom stereocenters. The topological polar surface area (TPSA) is 147 Å². The quantitative estimate of drug-likeness (QED) is 0.153. The van der Waals surface area contributed by atoms with Gasteiger partial charge in [0.1, 0.15) is 14.1 Å². The van der Waals surface area contributed by atoms with Crippen molar-refractivity contribution < 1.29 is 43.4 Å². The van der Waals surface area contributed by atoms with Gasteiger partial charge < -0.3 is 18.9 Å². The maximum Gasteiger partial charge on any atom is 0.217 e. The number of aromatic nitrogens is 2. The van der Waals surface area contributed by atoms with E-state index in [0.29, 0.717) is 0 Å². The number of aryl methyl sites for hydroxylation is 2. The first kappa shape index (κ1) is 38.0. The zero-order valence-electron chi connectivity index (χ0n) is 27.2. The average Bonchev–Trinajstić information content (AvgIpc) is 3.08. The third-order valence-corrected chi connectivity index (χ3v) is 7.97. The Kier molecular flexibility index (Phi) is 14.4. The fourth-order valence-corrected chi connectivity index (χ4v) is 4.45. The van der Waals surface area contributed by atoms with Gasteiger partial charge in [-0.25, -0.2) is 26.0 Å². The molecule has 0 aliphatic carbocycles. The Morgan fingerprint density at radius 3 is 0.979 bits per heavy atom. The van der Waals surface area contributed by atoms with E-state index in [1.165, 1.54) is 33.6 Å². The predicted molar refractivity (Wildman–Crippen MR) is 184 cm³/mol. The summed E-state index contributed by atoms with van der Waals surface area (Å²) in [6.45, 7) is 4.12. The van der Waals surface area contributed by atoms with Crippen LogP contribution in [0.3, 0.4) is 0 Å². The summed E-state index contributed by atoms with van der Waals surface area (Å²) in [5.41, 5.74) is 7.47. The van der Waals surface area contributed by atoms with Crippen molar-refractivity contribution in [1.29, 1.82) is 0 Å². The molecule has 4 aromatic rings. The minimum absolute atomic E-state index is 0.808. The van der Waals surface area contributed by atoms with Crippen molar-refractivity contribution in [2.24, 2.45) is 14.1 Å². The van der Waals surface area contributed by atoms with E-state index in [2.05, 4.69) is 140 Å².